The molecule has 0 bridgehead atoms. The van der Waals surface area contributed by atoms with Gasteiger partial charge in [0.25, 0.3) is 5.91 Å². The van der Waals surface area contributed by atoms with E-state index in [1.807, 2.05) is 30.3 Å². The van der Waals surface area contributed by atoms with Crippen LogP contribution in [-0.4, -0.2) is 48.9 Å². The van der Waals surface area contributed by atoms with Gasteiger partial charge in [0.2, 0.25) is 0 Å². The first-order chi connectivity index (χ1) is 16.5. The molecule has 3 heterocycles. The van der Waals surface area contributed by atoms with Crippen LogP contribution >= 0.6 is 0 Å². The molecule has 2 aromatic heterocycles. The first-order valence-electron chi connectivity index (χ1n) is 11.4. The van der Waals surface area contributed by atoms with Crippen LogP contribution in [0.1, 0.15) is 54.3 Å². The predicted octanol–water partition coefficient (Wildman–Crippen LogP) is 2.87. The number of hydrogen-bond acceptors (Lipinski definition) is 8. The SMILES string of the molecule is Nc1ncc(-c2ccccc2)nc1C(=O)Nc1cnccc1[C@@H]1C[C@H](O)[C@]2(O)CCCC[C@@H]2O1. The van der Waals surface area contributed by atoms with Gasteiger partial charge in [0.1, 0.15) is 5.60 Å². The number of aliphatic hydroxyl groups is 2. The number of ether oxygens (including phenoxy) is 1. The second-order valence-electron chi connectivity index (χ2n) is 8.87. The minimum absolute atomic E-state index is 0.00223. The highest BCUT2D eigenvalue weighted by Gasteiger charge is 2.51. The van der Waals surface area contributed by atoms with Crippen molar-refractivity contribution < 1.29 is 19.7 Å². The number of anilines is 2. The number of rotatable bonds is 4. The molecule has 1 saturated carbocycles. The van der Waals surface area contributed by atoms with Crippen LogP contribution in [-0.2, 0) is 4.74 Å². The van der Waals surface area contributed by atoms with Gasteiger partial charge in [-0.25, -0.2) is 9.97 Å². The van der Waals surface area contributed by atoms with E-state index in [2.05, 4.69) is 20.3 Å². The molecule has 1 aliphatic carbocycles. The summed E-state index contributed by atoms with van der Waals surface area (Å²) < 4.78 is 6.24. The van der Waals surface area contributed by atoms with E-state index < -0.39 is 29.8 Å². The number of benzene rings is 1. The molecule has 9 nitrogen and oxygen atoms in total. The molecule has 0 radical (unpaired) electrons. The number of fused-ring (bicyclic) bond motifs is 1. The summed E-state index contributed by atoms with van der Waals surface area (Å²) in [6.07, 6.45) is 5.97. The number of nitrogens with one attached hydrogen (secondary N) is 1. The normalized spacial score (nSPS) is 26.5. The first-order valence-corrected chi connectivity index (χ1v) is 11.4. The molecule has 2 fully saturated rings. The second kappa shape index (κ2) is 9.09. The van der Waals surface area contributed by atoms with Crippen LogP contribution in [0.2, 0.25) is 0 Å². The van der Waals surface area contributed by atoms with Crippen LogP contribution < -0.4 is 11.1 Å². The average Bonchev–Trinajstić information content (AvgIpc) is 2.85. The van der Waals surface area contributed by atoms with E-state index in [-0.39, 0.29) is 17.9 Å². The van der Waals surface area contributed by atoms with Crippen LogP contribution in [0.15, 0.2) is 55.0 Å². The summed E-state index contributed by atoms with van der Waals surface area (Å²) in [6, 6.07) is 11.1. The smallest absolute Gasteiger partial charge is 0.278 e. The van der Waals surface area contributed by atoms with Gasteiger partial charge in [0.15, 0.2) is 11.5 Å². The van der Waals surface area contributed by atoms with Crippen molar-refractivity contribution in [3.05, 3.63) is 66.2 Å². The highest BCUT2D eigenvalue weighted by Crippen LogP contribution is 2.45. The first kappa shape index (κ1) is 22.4. The number of aliphatic hydroxyl groups excluding tert-OH is 1. The zero-order valence-corrected chi connectivity index (χ0v) is 18.6. The third kappa shape index (κ3) is 4.13. The van der Waals surface area contributed by atoms with E-state index in [1.165, 1.54) is 12.4 Å². The molecule has 0 spiro atoms. The maximum absolute atomic E-state index is 13.1. The zero-order valence-electron chi connectivity index (χ0n) is 18.6. The number of carbonyl (C=O) groups excluding carboxylic acids is 1. The van der Waals surface area contributed by atoms with Crippen LogP contribution in [0.5, 0.6) is 0 Å². The lowest BCUT2D eigenvalue weighted by Crippen LogP contribution is -2.58. The summed E-state index contributed by atoms with van der Waals surface area (Å²) in [7, 11) is 0. The van der Waals surface area contributed by atoms with Crippen LogP contribution in [0.4, 0.5) is 11.5 Å². The monoisotopic (exact) mass is 461 g/mol. The molecule has 1 aliphatic heterocycles. The molecule has 1 aromatic carbocycles. The lowest BCUT2D eigenvalue weighted by molar-refractivity contribution is -0.242. The Labute approximate surface area is 197 Å². The Morgan fingerprint density at radius 1 is 1.18 bits per heavy atom. The largest absolute Gasteiger partial charge is 0.390 e. The van der Waals surface area contributed by atoms with E-state index in [1.54, 1.807) is 12.3 Å². The van der Waals surface area contributed by atoms with E-state index >= 15 is 0 Å². The zero-order chi connectivity index (χ0) is 23.7. The van der Waals surface area contributed by atoms with E-state index in [4.69, 9.17) is 10.5 Å². The van der Waals surface area contributed by atoms with E-state index in [9.17, 15) is 15.0 Å². The highest BCUT2D eigenvalue weighted by atomic mass is 16.5. The Hall–Kier alpha value is -3.40. The van der Waals surface area contributed by atoms with Crippen LogP contribution in [0, 0.1) is 0 Å². The summed E-state index contributed by atoms with van der Waals surface area (Å²) in [5, 5.41) is 24.5. The third-order valence-electron chi connectivity index (χ3n) is 6.73. The van der Waals surface area contributed by atoms with Gasteiger partial charge in [-0.2, -0.15) is 0 Å². The number of carbonyl (C=O) groups is 1. The molecule has 2 aliphatic rings. The summed E-state index contributed by atoms with van der Waals surface area (Å²) in [4.78, 5) is 25.9. The Balaban J connectivity index is 1.40. The maximum atomic E-state index is 13.1. The van der Waals surface area contributed by atoms with Gasteiger partial charge in [0.05, 0.1) is 42.1 Å². The van der Waals surface area contributed by atoms with Crippen molar-refractivity contribution in [2.24, 2.45) is 0 Å². The lowest BCUT2D eigenvalue weighted by Gasteiger charge is -2.49. The highest BCUT2D eigenvalue weighted by molar-refractivity contribution is 6.06. The number of nitrogens with zero attached hydrogens (tertiary/aromatic N) is 3. The van der Waals surface area contributed by atoms with Crippen molar-refractivity contribution in [2.75, 3.05) is 11.1 Å². The van der Waals surface area contributed by atoms with Crippen molar-refractivity contribution in [1.82, 2.24) is 15.0 Å². The van der Waals surface area contributed by atoms with Crippen molar-refractivity contribution >= 4 is 17.4 Å². The number of amides is 1. The molecule has 1 saturated heterocycles. The van der Waals surface area contributed by atoms with Gasteiger partial charge >= 0.3 is 0 Å². The van der Waals surface area contributed by atoms with Gasteiger partial charge in [-0.1, -0.05) is 43.2 Å². The van der Waals surface area contributed by atoms with Crippen molar-refractivity contribution in [2.45, 2.75) is 56.0 Å². The molecule has 34 heavy (non-hydrogen) atoms. The number of aromatic nitrogens is 3. The molecule has 4 atom stereocenters. The van der Waals surface area contributed by atoms with Gasteiger partial charge in [-0.05, 0) is 18.9 Å². The minimum Gasteiger partial charge on any atom is -0.390 e. The van der Waals surface area contributed by atoms with E-state index in [0.717, 1.165) is 18.4 Å². The fourth-order valence-electron chi connectivity index (χ4n) is 4.86. The number of hydrogen-bond donors (Lipinski definition) is 4. The Kier molecular flexibility index (Phi) is 5.99. The Morgan fingerprint density at radius 3 is 2.82 bits per heavy atom. The van der Waals surface area contributed by atoms with Gasteiger partial charge in [-0.3, -0.25) is 9.78 Å². The fourth-order valence-corrected chi connectivity index (χ4v) is 4.86. The summed E-state index contributed by atoms with van der Waals surface area (Å²) in [6.45, 7) is 0. The van der Waals surface area contributed by atoms with E-state index in [0.29, 0.717) is 29.8 Å². The van der Waals surface area contributed by atoms with Gasteiger partial charge < -0.3 is 26.0 Å². The standard InChI is InChI=1S/C25H27N5O4/c26-23-22(29-17(14-28-23)15-6-2-1-3-7-15)24(32)30-18-13-27-11-9-16(18)19-12-20(31)25(33)10-5-4-8-21(25)34-19/h1-3,6-7,9,11,13-14,19-21,31,33H,4-5,8,10,12H2,(H2,26,28)(H,30,32)/t19-,20-,21-,25+/m0/s1. The summed E-state index contributed by atoms with van der Waals surface area (Å²) in [5.41, 5.74) is 7.19. The molecule has 1 amide bonds. The molecular formula is C25H27N5O4. The van der Waals surface area contributed by atoms with Gasteiger partial charge in [0, 0.05) is 23.7 Å². The third-order valence-corrected chi connectivity index (χ3v) is 6.73. The van der Waals surface area contributed by atoms with Crippen molar-refractivity contribution in [1.29, 1.82) is 0 Å². The molecule has 5 rings (SSSR count). The number of nitrogens with two attached hydrogens (primary N) is 1. The molecular weight excluding hydrogens is 434 g/mol. The summed E-state index contributed by atoms with van der Waals surface area (Å²) >= 11 is 0. The van der Waals surface area contributed by atoms with Crippen LogP contribution in [0.25, 0.3) is 11.3 Å². The molecule has 0 unspecified atom stereocenters. The molecule has 5 N–H and O–H groups in total. The number of pyridine rings is 1. The summed E-state index contributed by atoms with van der Waals surface area (Å²) in [5.74, 6) is -0.512. The fraction of sp³-hybridized carbons (Fsp3) is 0.360. The van der Waals surface area contributed by atoms with Gasteiger partial charge in [-0.15, -0.1) is 0 Å². The molecule has 9 heteroatoms. The second-order valence-corrected chi connectivity index (χ2v) is 8.87. The van der Waals surface area contributed by atoms with Crippen molar-refractivity contribution in [3.8, 4) is 11.3 Å². The maximum Gasteiger partial charge on any atom is 0.278 e. The predicted molar refractivity (Wildman–Crippen MR) is 126 cm³/mol. The van der Waals surface area contributed by atoms with Crippen molar-refractivity contribution in [3.63, 3.8) is 0 Å². The molecule has 176 valence electrons. The Bertz CT molecular complexity index is 1190. The number of nitrogen functional groups attached to an aromatic ring is 1. The molecule has 3 aromatic rings. The minimum atomic E-state index is -1.23. The topological polar surface area (TPSA) is 143 Å². The quantitative estimate of drug-likeness (QED) is 0.464. The lowest BCUT2D eigenvalue weighted by atomic mass is 9.74. The van der Waals surface area contributed by atoms with Crippen LogP contribution in [0.3, 0.4) is 0 Å². The average molecular weight is 462 g/mol. The Morgan fingerprint density at radius 2 is 2.00 bits per heavy atom.